The minimum absolute atomic E-state index is 0.0349. The van der Waals surface area contributed by atoms with Gasteiger partial charge in [0, 0.05) is 4.47 Å². The second kappa shape index (κ2) is 5.02. The predicted molar refractivity (Wildman–Crippen MR) is 90.3 cm³/mol. The molecular formula is C18H16BrNO4. The average Bonchev–Trinajstić information content (AvgIpc) is 3.15. The van der Waals surface area contributed by atoms with Crippen LogP contribution in [0.3, 0.4) is 0 Å². The molecule has 124 valence electrons. The van der Waals surface area contributed by atoms with E-state index in [1.807, 2.05) is 19.1 Å². The second-order valence-corrected chi connectivity index (χ2v) is 7.75. The van der Waals surface area contributed by atoms with Gasteiger partial charge in [-0.1, -0.05) is 28.1 Å². The highest BCUT2D eigenvalue weighted by Crippen LogP contribution is 2.62. The number of carboxylic acid groups (broad SMARTS) is 1. The van der Waals surface area contributed by atoms with Gasteiger partial charge in [-0.3, -0.25) is 14.4 Å². The SMILES string of the molecule is Cc1cc(N2C(=O)[C@H]3[C@H]4C=C[C@H](C4)[C@@]3(CC(=O)O)C2=O)ccc1Br. The molecule has 0 radical (unpaired) electrons. The van der Waals surface area contributed by atoms with Gasteiger partial charge in [-0.15, -0.1) is 0 Å². The van der Waals surface area contributed by atoms with Crippen LogP contribution < -0.4 is 4.90 Å². The molecule has 0 aromatic heterocycles. The highest BCUT2D eigenvalue weighted by molar-refractivity contribution is 9.10. The Kier molecular flexibility index (Phi) is 3.26. The number of fused-ring (bicyclic) bond motifs is 5. The van der Waals surface area contributed by atoms with Gasteiger partial charge in [-0.2, -0.15) is 0 Å². The Morgan fingerprint density at radius 2 is 2.12 bits per heavy atom. The number of aliphatic carboxylic acids is 1. The van der Waals surface area contributed by atoms with E-state index in [1.165, 1.54) is 4.90 Å². The predicted octanol–water partition coefficient (Wildman–Crippen LogP) is 2.91. The topological polar surface area (TPSA) is 74.7 Å². The molecule has 1 aromatic rings. The molecule has 0 spiro atoms. The normalized spacial score (nSPS) is 33.4. The molecule has 4 rings (SSSR count). The number of aryl methyl sites for hydroxylation is 1. The van der Waals surface area contributed by atoms with Crippen molar-refractivity contribution in [3.8, 4) is 0 Å². The number of benzene rings is 1. The lowest BCUT2D eigenvalue weighted by Crippen LogP contribution is -2.41. The Labute approximate surface area is 147 Å². The largest absolute Gasteiger partial charge is 0.481 e. The molecule has 1 saturated heterocycles. The Hall–Kier alpha value is -1.95. The number of carbonyl (C=O) groups is 3. The standard InChI is InChI=1S/C18H16BrNO4/c1-9-6-12(4-5-13(9)19)20-16(23)15-10-2-3-11(7-10)18(15,17(20)24)8-14(21)22/h2-6,10-11,15H,7-8H2,1H3,(H,21,22)/t10-,11+,15+,18+/m0/s1. The highest BCUT2D eigenvalue weighted by Gasteiger charge is 2.70. The number of allylic oxidation sites excluding steroid dienone is 2. The minimum Gasteiger partial charge on any atom is -0.481 e. The third kappa shape index (κ3) is 1.83. The number of hydrogen-bond acceptors (Lipinski definition) is 3. The van der Waals surface area contributed by atoms with Crippen molar-refractivity contribution in [2.75, 3.05) is 4.90 Å². The van der Waals surface area contributed by atoms with Crippen LogP contribution in [0.15, 0.2) is 34.8 Å². The summed E-state index contributed by atoms with van der Waals surface area (Å²) in [6, 6.07) is 5.30. The summed E-state index contributed by atoms with van der Waals surface area (Å²) in [5, 5.41) is 9.37. The molecule has 2 fully saturated rings. The highest BCUT2D eigenvalue weighted by atomic mass is 79.9. The number of carboxylic acids is 1. The van der Waals surface area contributed by atoms with Gasteiger partial charge in [-0.05, 0) is 48.9 Å². The van der Waals surface area contributed by atoms with Crippen molar-refractivity contribution in [1.82, 2.24) is 0 Å². The van der Waals surface area contributed by atoms with E-state index in [2.05, 4.69) is 15.9 Å². The summed E-state index contributed by atoms with van der Waals surface area (Å²) >= 11 is 3.41. The Morgan fingerprint density at radius 3 is 2.79 bits per heavy atom. The first-order valence-corrected chi connectivity index (χ1v) is 8.70. The third-order valence-corrected chi connectivity index (χ3v) is 6.58. The van der Waals surface area contributed by atoms with Gasteiger partial charge in [0.1, 0.15) is 0 Å². The van der Waals surface area contributed by atoms with Crippen LogP contribution >= 0.6 is 15.9 Å². The number of amides is 2. The van der Waals surface area contributed by atoms with Gasteiger partial charge in [0.2, 0.25) is 11.8 Å². The molecule has 2 bridgehead atoms. The molecule has 2 aliphatic carbocycles. The molecule has 6 heteroatoms. The van der Waals surface area contributed by atoms with Crippen LogP contribution in [0.5, 0.6) is 0 Å². The van der Waals surface area contributed by atoms with Gasteiger partial charge < -0.3 is 5.11 Å². The second-order valence-electron chi connectivity index (χ2n) is 6.89. The van der Waals surface area contributed by atoms with E-state index in [4.69, 9.17) is 0 Å². The molecule has 1 aromatic carbocycles. The van der Waals surface area contributed by atoms with E-state index in [0.717, 1.165) is 10.0 Å². The van der Waals surface area contributed by atoms with Crippen LogP contribution in [-0.2, 0) is 14.4 Å². The van der Waals surface area contributed by atoms with Crippen molar-refractivity contribution in [1.29, 1.82) is 0 Å². The number of halogens is 1. The van der Waals surface area contributed by atoms with Crippen molar-refractivity contribution < 1.29 is 19.5 Å². The van der Waals surface area contributed by atoms with E-state index < -0.39 is 17.3 Å². The maximum absolute atomic E-state index is 13.2. The number of imide groups is 1. The zero-order valence-corrected chi connectivity index (χ0v) is 14.6. The van der Waals surface area contributed by atoms with Gasteiger partial charge >= 0.3 is 5.97 Å². The molecule has 3 aliphatic rings. The van der Waals surface area contributed by atoms with E-state index >= 15 is 0 Å². The quantitative estimate of drug-likeness (QED) is 0.636. The summed E-state index contributed by atoms with van der Waals surface area (Å²) < 4.78 is 0.896. The van der Waals surface area contributed by atoms with Crippen LogP contribution in [0.2, 0.25) is 0 Å². The van der Waals surface area contributed by atoms with E-state index in [1.54, 1.807) is 18.2 Å². The Morgan fingerprint density at radius 1 is 1.38 bits per heavy atom. The van der Waals surface area contributed by atoms with Gasteiger partial charge in [-0.25, -0.2) is 4.90 Å². The maximum Gasteiger partial charge on any atom is 0.304 e. The smallest absolute Gasteiger partial charge is 0.304 e. The summed E-state index contributed by atoms with van der Waals surface area (Å²) in [7, 11) is 0. The van der Waals surface area contributed by atoms with Gasteiger partial charge in [0.05, 0.1) is 23.4 Å². The lowest BCUT2D eigenvalue weighted by Gasteiger charge is -2.31. The van der Waals surface area contributed by atoms with Gasteiger partial charge in [0.15, 0.2) is 0 Å². The zero-order chi connectivity index (χ0) is 17.2. The number of anilines is 1. The molecule has 1 aliphatic heterocycles. The zero-order valence-electron chi connectivity index (χ0n) is 13.0. The molecular weight excluding hydrogens is 374 g/mol. The lowest BCUT2D eigenvalue weighted by molar-refractivity contribution is -0.145. The van der Waals surface area contributed by atoms with Crippen molar-refractivity contribution in [2.24, 2.45) is 23.2 Å². The van der Waals surface area contributed by atoms with E-state index in [0.29, 0.717) is 12.1 Å². The van der Waals surface area contributed by atoms with E-state index in [-0.39, 0.29) is 30.1 Å². The molecule has 1 saturated carbocycles. The minimum atomic E-state index is -1.12. The fourth-order valence-corrected chi connectivity index (χ4v) is 4.94. The number of hydrogen-bond donors (Lipinski definition) is 1. The fourth-order valence-electron chi connectivity index (χ4n) is 4.69. The Balaban J connectivity index is 1.83. The monoisotopic (exact) mass is 389 g/mol. The summed E-state index contributed by atoms with van der Waals surface area (Å²) in [5.74, 6) is -2.41. The molecule has 24 heavy (non-hydrogen) atoms. The fraction of sp³-hybridized carbons (Fsp3) is 0.389. The molecule has 1 heterocycles. The number of nitrogens with zero attached hydrogens (tertiary/aromatic N) is 1. The number of rotatable bonds is 3. The van der Waals surface area contributed by atoms with Crippen LogP contribution in [0.25, 0.3) is 0 Å². The van der Waals surface area contributed by atoms with Gasteiger partial charge in [0.25, 0.3) is 0 Å². The molecule has 1 N–H and O–H groups in total. The molecule has 4 atom stereocenters. The first-order chi connectivity index (χ1) is 11.4. The van der Waals surface area contributed by atoms with Crippen molar-refractivity contribution >= 4 is 39.4 Å². The van der Waals surface area contributed by atoms with Crippen LogP contribution in [0.1, 0.15) is 18.4 Å². The van der Waals surface area contributed by atoms with Crippen molar-refractivity contribution in [3.63, 3.8) is 0 Å². The molecule has 2 amide bonds. The first-order valence-electron chi connectivity index (χ1n) is 7.91. The van der Waals surface area contributed by atoms with Crippen LogP contribution in [0.4, 0.5) is 5.69 Å². The summed E-state index contributed by atoms with van der Waals surface area (Å²) in [4.78, 5) is 38.9. The summed E-state index contributed by atoms with van der Waals surface area (Å²) in [5.41, 5.74) is 0.311. The first kappa shape index (κ1) is 15.6. The van der Waals surface area contributed by atoms with Crippen LogP contribution in [-0.4, -0.2) is 22.9 Å². The third-order valence-electron chi connectivity index (χ3n) is 5.69. The lowest BCUT2D eigenvalue weighted by atomic mass is 9.68. The number of carbonyl (C=O) groups excluding carboxylic acids is 2. The molecule has 0 unspecified atom stereocenters. The van der Waals surface area contributed by atoms with Crippen molar-refractivity contribution in [3.05, 3.63) is 40.4 Å². The van der Waals surface area contributed by atoms with E-state index in [9.17, 15) is 19.5 Å². The summed E-state index contributed by atoms with van der Waals surface area (Å²) in [6.07, 6.45) is 4.30. The summed E-state index contributed by atoms with van der Waals surface area (Å²) in [6.45, 7) is 1.89. The van der Waals surface area contributed by atoms with Crippen LogP contribution in [0, 0.1) is 30.1 Å². The molecule has 5 nitrogen and oxygen atoms in total. The Bertz CT molecular complexity index is 817. The average molecular weight is 390 g/mol. The maximum atomic E-state index is 13.2. The van der Waals surface area contributed by atoms with Crippen molar-refractivity contribution in [2.45, 2.75) is 19.8 Å².